The number of rotatable bonds is 5. The lowest BCUT2D eigenvalue weighted by molar-refractivity contribution is 0.0992. The normalized spacial score (nSPS) is 10.4. The second kappa shape index (κ2) is 7.27. The topological polar surface area (TPSA) is 42.4 Å². The number of ether oxygens (including phenoxy) is 1. The third-order valence-corrected chi connectivity index (χ3v) is 4.40. The quantitative estimate of drug-likeness (QED) is 0.696. The van der Waals surface area contributed by atoms with Crippen LogP contribution in [0.15, 0.2) is 60.0 Å². The standard InChI is InChI=1S/C19H18N2O2S/c1-14-20-16(13-24-14)12-23-18-10-6-7-15(11-18)19(22)21(2)17-8-4-3-5-9-17/h3-11,13H,12H2,1-2H3. The van der Waals surface area contributed by atoms with Gasteiger partial charge in [0.1, 0.15) is 12.4 Å². The highest BCUT2D eigenvalue weighted by Crippen LogP contribution is 2.19. The van der Waals surface area contributed by atoms with Gasteiger partial charge in [-0.2, -0.15) is 0 Å². The summed E-state index contributed by atoms with van der Waals surface area (Å²) in [4.78, 5) is 18.6. The predicted molar refractivity (Wildman–Crippen MR) is 96.8 cm³/mol. The first kappa shape index (κ1) is 16.2. The summed E-state index contributed by atoms with van der Waals surface area (Å²) in [6.45, 7) is 2.36. The molecule has 3 rings (SSSR count). The highest BCUT2D eigenvalue weighted by atomic mass is 32.1. The van der Waals surface area contributed by atoms with Crippen LogP contribution in [0, 0.1) is 6.92 Å². The molecular formula is C19H18N2O2S. The van der Waals surface area contributed by atoms with Gasteiger partial charge in [0.15, 0.2) is 0 Å². The molecule has 3 aromatic rings. The number of hydrogen-bond acceptors (Lipinski definition) is 4. The number of carbonyl (C=O) groups is 1. The van der Waals surface area contributed by atoms with E-state index in [9.17, 15) is 4.79 Å². The van der Waals surface area contributed by atoms with Crippen molar-refractivity contribution < 1.29 is 9.53 Å². The molecule has 0 aliphatic rings. The lowest BCUT2D eigenvalue weighted by Gasteiger charge is -2.17. The average Bonchev–Trinajstić information content (AvgIpc) is 3.05. The van der Waals surface area contributed by atoms with E-state index in [1.165, 1.54) is 0 Å². The fraction of sp³-hybridized carbons (Fsp3) is 0.158. The molecule has 0 fully saturated rings. The molecule has 0 spiro atoms. The maximum absolute atomic E-state index is 12.6. The number of aryl methyl sites for hydroxylation is 1. The molecule has 1 aromatic heterocycles. The van der Waals surface area contributed by atoms with Crippen LogP contribution in [0.3, 0.4) is 0 Å². The first-order valence-corrected chi connectivity index (χ1v) is 8.48. The van der Waals surface area contributed by atoms with Crippen molar-refractivity contribution in [2.24, 2.45) is 0 Å². The van der Waals surface area contributed by atoms with Crippen LogP contribution in [-0.4, -0.2) is 17.9 Å². The number of para-hydroxylation sites is 1. The zero-order valence-corrected chi connectivity index (χ0v) is 14.4. The summed E-state index contributed by atoms with van der Waals surface area (Å²) in [6.07, 6.45) is 0. The molecule has 0 bridgehead atoms. The van der Waals surface area contributed by atoms with Gasteiger partial charge in [0, 0.05) is 23.7 Å². The van der Waals surface area contributed by atoms with Crippen LogP contribution in [0.2, 0.25) is 0 Å². The largest absolute Gasteiger partial charge is 0.487 e. The Morgan fingerprint density at radius 3 is 2.67 bits per heavy atom. The van der Waals surface area contributed by atoms with Gasteiger partial charge >= 0.3 is 0 Å². The smallest absolute Gasteiger partial charge is 0.258 e. The Bertz CT molecular complexity index is 830. The van der Waals surface area contributed by atoms with Crippen molar-refractivity contribution in [3.05, 3.63) is 76.2 Å². The fourth-order valence-electron chi connectivity index (χ4n) is 2.31. The molecule has 0 saturated carbocycles. The Labute approximate surface area is 145 Å². The van der Waals surface area contributed by atoms with Crippen LogP contribution in [0.1, 0.15) is 21.1 Å². The van der Waals surface area contributed by atoms with E-state index in [1.807, 2.05) is 54.8 Å². The first-order valence-electron chi connectivity index (χ1n) is 7.60. The highest BCUT2D eigenvalue weighted by Gasteiger charge is 2.14. The average molecular weight is 338 g/mol. The second-order valence-electron chi connectivity index (χ2n) is 5.37. The third kappa shape index (κ3) is 3.81. The summed E-state index contributed by atoms with van der Waals surface area (Å²) in [6, 6.07) is 16.8. The van der Waals surface area contributed by atoms with Gasteiger partial charge in [-0.1, -0.05) is 24.3 Å². The molecule has 5 heteroatoms. The summed E-state index contributed by atoms with van der Waals surface area (Å²) in [5, 5.41) is 3.00. The molecule has 1 heterocycles. The Morgan fingerprint density at radius 2 is 1.96 bits per heavy atom. The van der Waals surface area contributed by atoms with E-state index in [2.05, 4.69) is 4.98 Å². The zero-order chi connectivity index (χ0) is 16.9. The molecule has 0 N–H and O–H groups in total. The number of anilines is 1. The molecule has 122 valence electrons. The Morgan fingerprint density at radius 1 is 1.17 bits per heavy atom. The van der Waals surface area contributed by atoms with E-state index < -0.39 is 0 Å². The summed E-state index contributed by atoms with van der Waals surface area (Å²) >= 11 is 1.60. The molecule has 4 nitrogen and oxygen atoms in total. The summed E-state index contributed by atoms with van der Waals surface area (Å²) < 4.78 is 5.76. The minimum Gasteiger partial charge on any atom is -0.487 e. The predicted octanol–water partition coefficient (Wildman–Crippen LogP) is 4.31. The summed E-state index contributed by atoms with van der Waals surface area (Å²) in [7, 11) is 1.77. The van der Waals surface area contributed by atoms with Crippen molar-refractivity contribution in [2.45, 2.75) is 13.5 Å². The van der Waals surface area contributed by atoms with Crippen LogP contribution >= 0.6 is 11.3 Å². The molecule has 0 aliphatic carbocycles. The molecule has 0 atom stereocenters. The van der Waals surface area contributed by atoms with Crippen molar-refractivity contribution in [3.8, 4) is 5.75 Å². The van der Waals surface area contributed by atoms with E-state index in [4.69, 9.17) is 4.74 Å². The van der Waals surface area contributed by atoms with Gasteiger partial charge < -0.3 is 9.64 Å². The number of nitrogens with zero attached hydrogens (tertiary/aromatic N) is 2. The van der Waals surface area contributed by atoms with Crippen molar-refractivity contribution in [2.75, 3.05) is 11.9 Å². The van der Waals surface area contributed by atoms with Gasteiger partial charge in [-0.25, -0.2) is 4.98 Å². The Balaban J connectivity index is 1.71. The monoisotopic (exact) mass is 338 g/mol. The van der Waals surface area contributed by atoms with Gasteiger partial charge in [0.05, 0.1) is 10.7 Å². The molecule has 0 aliphatic heterocycles. The van der Waals surface area contributed by atoms with Crippen molar-refractivity contribution >= 4 is 22.9 Å². The number of benzene rings is 2. The highest BCUT2D eigenvalue weighted by molar-refractivity contribution is 7.09. The van der Waals surface area contributed by atoms with Crippen molar-refractivity contribution in [3.63, 3.8) is 0 Å². The Kier molecular flexibility index (Phi) is 4.91. The SMILES string of the molecule is Cc1nc(COc2cccc(C(=O)N(C)c3ccccc3)c2)cs1. The second-order valence-corrected chi connectivity index (χ2v) is 6.44. The Hall–Kier alpha value is -2.66. The van der Waals surface area contributed by atoms with Crippen molar-refractivity contribution in [1.29, 1.82) is 0 Å². The lowest BCUT2D eigenvalue weighted by Crippen LogP contribution is -2.26. The first-order chi connectivity index (χ1) is 11.6. The zero-order valence-electron chi connectivity index (χ0n) is 13.6. The molecular weight excluding hydrogens is 320 g/mol. The maximum atomic E-state index is 12.6. The maximum Gasteiger partial charge on any atom is 0.258 e. The van der Waals surface area contributed by atoms with E-state index in [-0.39, 0.29) is 5.91 Å². The van der Waals surface area contributed by atoms with Crippen molar-refractivity contribution in [1.82, 2.24) is 4.98 Å². The lowest BCUT2D eigenvalue weighted by atomic mass is 10.2. The van der Waals surface area contributed by atoms with Gasteiger partial charge in [-0.3, -0.25) is 4.79 Å². The van der Waals surface area contributed by atoms with Crippen LogP contribution in [0.5, 0.6) is 5.75 Å². The van der Waals surface area contributed by atoms with Crippen LogP contribution in [0.4, 0.5) is 5.69 Å². The van der Waals surface area contributed by atoms with Crippen LogP contribution < -0.4 is 9.64 Å². The molecule has 24 heavy (non-hydrogen) atoms. The number of aromatic nitrogens is 1. The van der Waals surface area contributed by atoms with Gasteiger partial charge in [0.25, 0.3) is 5.91 Å². The minimum absolute atomic E-state index is 0.0730. The summed E-state index contributed by atoms with van der Waals surface area (Å²) in [5.41, 5.74) is 2.34. The van der Waals surface area contributed by atoms with Crippen LogP contribution in [0.25, 0.3) is 0 Å². The van der Waals surface area contributed by atoms with E-state index in [0.29, 0.717) is 17.9 Å². The fourth-order valence-corrected chi connectivity index (χ4v) is 2.91. The molecule has 0 saturated heterocycles. The number of amides is 1. The number of hydrogen-bond donors (Lipinski definition) is 0. The van der Waals surface area contributed by atoms with Gasteiger partial charge in [-0.15, -0.1) is 11.3 Å². The molecule has 0 unspecified atom stereocenters. The molecule has 0 radical (unpaired) electrons. The van der Waals surface area contributed by atoms with Crippen LogP contribution in [-0.2, 0) is 6.61 Å². The van der Waals surface area contributed by atoms with E-state index in [0.717, 1.165) is 16.4 Å². The van der Waals surface area contributed by atoms with E-state index in [1.54, 1.807) is 35.4 Å². The van der Waals surface area contributed by atoms with Gasteiger partial charge in [0.2, 0.25) is 0 Å². The third-order valence-electron chi connectivity index (χ3n) is 3.58. The molecule has 1 amide bonds. The number of carbonyl (C=O) groups excluding carboxylic acids is 1. The van der Waals surface area contributed by atoms with Gasteiger partial charge in [-0.05, 0) is 37.3 Å². The summed E-state index contributed by atoms with van der Waals surface area (Å²) in [5.74, 6) is 0.587. The molecule has 2 aromatic carbocycles. The van der Waals surface area contributed by atoms with E-state index >= 15 is 0 Å². The minimum atomic E-state index is -0.0730. The number of thiazole rings is 1.